The zero-order chi connectivity index (χ0) is 24.2. The first-order chi connectivity index (χ1) is 16.3. The maximum Gasteiger partial charge on any atom is 0.343 e. The molecule has 176 valence electrons. The summed E-state index contributed by atoms with van der Waals surface area (Å²) in [6.45, 7) is 1.74. The number of thioether (sulfide) groups is 1. The number of ether oxygens (including phenoxy) is 2. The maximum absolute atomic E-state index is 13.3. The van der Waals surface area contributed by atoms with Crippen molar-refractivity contribution in [2.75, 3.05) is 12.9 Å². The average Bonchev–Trinajstić information content (AvgIpc) is 3.19. The molecule has 34 heavy (non-hydrogen) atoms. The first kappa shape index (κ1) is 22.4. The van der Waals surface area contributed by atoms with Gasteiger partial charge in [0, 0.05) is 27.8 Å². The molecule has 2 aliphatic heterocycles. The number of rotatable bonds is 5. The number of cyclic esters (lactones) is 1. The van der Waals surface area contributed by atoms with Gasteiger partial charge in [-0.2, -0.15) is 0 Å². The van der Waals surface area contributed by atoms with Crippen molar-refractivity contribution in [2.45, 2.75) is 37.9 Å². The van der Waals surface area contributed by atoms with Crippen LogP contribution in [0.15, 0.2) is 29.1 Å². The van der Waals surface area contributed by atoms with Gasteiger partial charge >= 0.3 is 11.9 Å². The third-order valence-corrected chi connectivity index (χ3v) is 7.40. The van der Waals surface area contributed by atoms with E-state index in [1.54, 1.807) is 29.7 Å². The van der Waals surface area contributed by atoms with Crippen LogP contribution in [0.5, 0.6) is 5.75 Å². The highest BCUT2D eigenvalue weighted by Gasteiger charge is 2.45. The Balaban J connectivity index is 1.62. The van der Waals surface area contributed by atoms with E-state index in [0.29, 0.717) is 28.2 Å². The number of nitrogens with zero attached hydrogens (tertiary/aromatic N) is 2. The Hall–Kier alpha value is -3.37. The van der Waals surface area contributed by atoms with Crippen molar-refractivity contribution in [3.63, 3.8) is 0 Å². The number of fused-ring (bicyclic) bond motifs is 5. The molecule has 2 aliphatic rings. The number of aromatic nitrogens is 2. The molecule has 0 unspecified atom stereocenters. The number of phenols is 1. The van der Waals surface area contributed by atoms with Crippen molar-refractivity contribution in [3.8, 4) is 17.1 Å². The van der Waals surface area contributed by atoms with Crippen LogP contribution >= 0.6 is 11.8 Å². The zero-order valence-corrected chi connectivity index (χ0v) is 19.4. The summed E-state index contributed by atoms with van der Waals surface area (Å²) in [5.74, 6) is -0.488. The van der Waals surface area contributed by atoms with Gasteiger partial charge in [-0.3, -0.25) is 9.59 Å². The number of esters is 2. The van der Waals surface area contributed by atoms with E-state index in [4.69, 9.17) is 9.72 Å². The molecule has 2 N–H and O–H groups in total. The standard InChI is InChI=1S/C24H22N2O7S/c1-3-24(31)16-7-18-21-12(8-26(18)22(29)14(16)9-33-23(24)30)6-13-15(10-34-11-20(28)32-2)19(27)5-4-17(13)25-21/h4-7,27,31H,3,8-11H2,1-2H3/t24-/m0/s1. The molecule has 0 aliphatic carbocycles. The lowest BCUT2D eigenvalue weighted by molar-refractivity contribution is -0.172. The van der Waals surface area contributed by atoms with Crippen LogP contribution in [0.1, 0.15) is 35.6 Å². The van der Waals surface area contributed by atoms with Crippen LogP contribution in [0.25, 0.3) is 22.3 Å². The number of carbonyl (C=O) groups is 2. The minimum absolute atomic E-state index is 0.0750. The molecule has 3 aromatic rings. The molecule has 1 atom stereocenters. The fraction of sp³-hybridized carbons (Fsp3) is 0.333. The second kappa shape index (κ2) is 8.14. The number of hydrogen-bond donors (Lipinski definition) is 2. The molecule has 0 spiro atoms. The van der Waals surface area contributed by atoms with E-state index >= 15 is 0 Å². The number of carbonyl (C=O) groups excluding carboxylic acids is 2. The molecule has 0 bridgehead atoms. The summed E-state index contributed by atoms with van der Waals surface area (Å²) in [5.41, 5.74) is 1.48. The third-order valence-electron chi connectivity index (χ3n) is 6.47. The minimum atomic E-state index is -1.88. The number of benzene rings is 1. The molecule has 0 radical (unpaired) electrons. The van der Waals surface area contributed by atoms with Crippen LogP contribution in [0.2, 0.25) is 0 Å². The van der Waals surface area contributed by atoms with Crippen molar-refractivity contribution < 1.29 is 29.3 Å². The van der Waals surface area contributed by atoms with Crippen LogP contribution in [0.3, 0.4) is 0 Å². The first-order valence-electron chi connectivity index (χ1n) is 10.7. The van der Waals surface area contributed by atoms with E-state index in [9.17, 15) is 24.6 Å². The highest BCUT2D eigenvalue weighted by molar-refractivity contribution is 7.99. The smallest absolute Gasteiger partial charge is 0.343 e. The molecular weight excluding hydrogens is 460 g/mol. The summed E-state index contributed by atoms with van der Waals surface area (Å²) in [6, 6.07) is 6.80. The number of aromatic hydroxyl groups is 1. The summed E-state index contributed by atoms with van der Waals surface area (Å²) < 4.78 is 11.3. The Bertz CT molecular complexity index is 1430. The van der Waals surface area contributed by atoms with E-state index in [-0.39, 0.29) is 53.7 Å². The summed E-state index contributed by atoms with van der Waals surface area (Å²) >= 11 is 1.32. The second-order valence-electron chi connectivity index (χ2n) is 8.30. The minimum Gasteiger partial charge on any atom is -0.508 e. The van der Waals surface area contributed by atoms with Crippen LogP contribution in [0, 0.1) is 0 Å². The van der Waals surface area contributed by atoms with Crippen LogP contribution < -0.4 is 5.56 Å². The molecule has 5 rings (SSSR count). The number of pyridine rings is 2. The third kappa shape index (κ3) is 3.28. The molecule has 9 nitrogen and oxygen atoms in total. The number of phenolic OH excluding ortho intramolecular Hbond substituents is 1. The molecule has 0 saturated carbocycles. The fourth-order valence-corrected chi connectivity index (χ4v) is 5.44. The molecule has 10 heteroatoms. The van der Waals surface area contributed by atoms with Gasteiger partial charge in [0.2, 0.25) is 0 Å². The SMILES string of the molecule is CC[C@@]1(O)C(=O)OCc2c1cc1n(c2=O)Cc2cc3c(CSCC(=O)OC)c(O)ccc3nc2-1. The Morgan fingerprint density at radius 1 is 1.32 bits per heavy atom. The number of aliphatic hydroxyl groups is 1. The lowest BCUT2D eigenvalue weighted by atomic mass is 9.86. The Labute approximate surface area is 198 Å². The first-order valence-corrected chi connectivity index (χ1v) is 11.9. The summed E-state index contributed by atoms with van der Waals surface area (Å²) in [6.07, 6.45) is 0.0750. The van der Waals surface area contributed by atoms with Crippen LogP contribution in [-0.4, -0.2) is 44.6 Å². The highest BCUT2D eigenvalue weighted by atomic mass is 32.2. The van der Waals surface area contributed by atoms with Crippen molar-refractivity contribution in [3.05, 3.63) is 56.9 Å². The summed E-state index contributed by atoms with van der Waals surface area (Å²) in [5, 5.41) is 22.2. The molecule has 0 amide bonds. The summed E-state index contributed by atoms with van der Waals surface area (Å²) in [7, 11) is 1.33. The molecule has 1 aromatic carbocycles. The van der Waals surface area contributed by atoms with Gasteiger partial charge in [-0.05, 0) is 30.7 Å². The molecule has 0 fully saturated rings. The van der Waals surface area contributed by atoms with Gasteiger partial charge < -0.3 is 24.3 Å². The Morgan fingerprint density at radius 3 is 2.85 bits per heavy atom. The van der Waals surface area contributed by atoms with Crippen LogP contribution in [0.4, 0.5) is 0 Å². The quantitative estimate of drug-likeness (QED) is 0.411. The van der Waals surface area contributed by atoms with E-state index in [1.807, 2.05) is 6.07 Å². The van der Waals surface area contributed by atoms with E-state index in [0.717, 1.165) is 10.9 Å². The van der Waals surface area contributed by atoms with Crippen LogP contribution in [-0.2, 0) is 43.6 Å². The predicted molar refractivity (Wildman–Crippen MR) is 124 cm³/mol. The normalized spacial score (nSPS) is 18.3. The zero-order valence-electron chi connectivity index (χ0n) is 18.6. The van der Waals surface area contributed by atoms with E-state index in [2.05, 4.69) is 4.74 Å². The van der Waals surface area contributed by atoms with E-state index in [1.165, 1.54) is 18.9 Å². The van der Waals surface area contributed by atoms with Crippen molar-refractivity contribution in [1.82, 2.24) is 9.55 Å². The predicted octanol–water partition coefficient (Wildman–Crippen LogP) is 2.19. The molecule has 4 heterocycles. The monoisotopic (exact) mass is 482 g/mol. The van der Waals surface area contributed by atoms with Crippen molar-refractivity contribution >= 4 is 34.6 Å². The lowest BCUT2D eigenvalue weighted by Gasteiger charge is -2.31. The van der Waals surface area contributed by atoms with Gasteiger partial charge in [-0.25, -0.2) is 9.78 Å². The molecule has 2 aromatic heterocycles. The lowest BCUT2D eigenvalue weighted by Crippen LogP contribution is -2.44. The number of hydrogen-bond acceptors (Lipinski definition) is 9. The van der Waals surface area contributed by atoms with Crippen molar-refractivity contribution in [2.24, 2.45) is 0 Å². The van der Waals surface area contributed by atoms with Gasteiger partial charge in [0.1, 0.15) is 12.4 Å². The van der Waals surface area contributed by atoms with Gasteiger partial charge in [-0.1, -0.05) is 6.92 Å². The van der Waals surface area contributed by atoms with Gasteiger partial charge in [0.15, 0.2) is 5.60 Å². The molecular formula is C24H22N2O7S. The van der Waals surface area contributed by atoms with Crippen molar-refractivity contribution in [1.29, 1.82) is 0 Å². The number of methoxy groups -OCH3 is 1. The van der Waals surface area contributed by atoms with E-state index < -0.39 is 11.6 Å². The largest absolute Gasteiger partial charge is 0.508 e. The fourth-order valence-electron chi connectivity index (χ4n) is 4.55. The Kier molecular flexibility index (Phi) is 5.37. The summed E-state index contributed by atoms with van der Waals surface area (Å²) in [4.78, 5) is 41.8. The average molecular weight is 483 g/mol. The van der Waals surface area contributed by atoms with Gasteiger partial charge in [0.05, 0.1) is 41.9 Å². The van der Waals surface area contributed by atoms with Gasteiger partial charge in [0.25, 0.3) is 5.56 Å². The maximum atomic E-state index is 13.3. The Morgan fingerprint density at radius 2 is 2.12 bits per heavy atom. The van der Waals surface area contributed by atoms with Gasteiger partial charge in [-0.15, -0.1) is 11.8 Å². The topological polar surface area (TPSA) is 128 Å². The second-order valence-corrected chi connectivity index (χ2v) is 9.28. The molecule has 0 saturated heterocycles. The highest BCUT2D eigenvalue weighted by Crippen LogP contribution is 2.40.